The van der Waals surface area contributed by atoms with E-state index < -0.39 is 0 Å². The van der Waals surface area contributed by atoms with E-state index in [1.54, 1.807) is 0 Å². The molecule has 1 fully saturated rings. The van der Waals surface area contributed by atoms with Crippen molar-refractivity contribution in [3.8, 4) is 0 Å². The predicted molar refractivity (Wildman–Crippen MR) is 75.3 cm³/mol. The van der Waals surface area contributed by atoms with Gasteiger partial charge in [0, 0.05) is 25.6 Å². The lowest BCUT2D eigenvalue weighted by molar-refractivity contribution is -0.121. The predicted octanol–water partition coefficient (Wildman–Crippen LogP) is 1.35. The zero-order valence-electron chi connectivity index (χ0n) is 12.2. The van der Waals surface area contributed by atoms with Crippen molar-refractivity contribution in [3.63, 3.8) is 0 Å². The fourth-order valence-corrected chi connectivity index (χ4v) is 2.04. The van der Waals surface area contributed by atoms with Crippen LogP contribution in [0.3, 0.4) is 0 Å². The van der Waals surface area contributed by atoms with Crippen LogP contribution in [0.15, 0.2) is 0 Å². The maximum atomic E-state index is 11.7. The third-order valence-corrected chi connectivity index (χ3v) is 3.34. The Morgan fingerprint density at radius 3 is 2.56 bits per heavy atom. The van der Waals surface area contributed by atoms with Gasteiger partial charge in [-0.25, -0.2) is 0 Å². The molecule has 1 saturated carbocycles. The van der Waals surface area contributed by atoms with Gasteiger partial charge >= 0.3 is 0 Å². The minimum atomic E-state index is 0.127. The van der Waals surface area contributed by atoms with E-state index in [1.165, 1.54) is 0 Å². The first kappa shape index (κ1) is 15.4. The molecule has 0 saturated heterocycles. The first-order valence-corrected chi connectivity index (χ1v) is 7.18. The normalized spacial score (nSPS) is 16.1. The van der Waals surface area contributed by atoms with E-state index in [0.29, 0.717) is 19.0 Å². The van der Waals surface area contributed by atoms with E-state index in [9.17, 15) is 4.79 Å². The molecule has 0 bridgehead atoms. The van der Waals surface area contributed by atoms with E-state index in [1.807, 2.05) is 0 Å². The zero-order chi connectivity index (χ0) is 13.6. The standard InChI is InChI=1S/C14H29N3O/c1-4-8-17(11-14(2,3)10-15)9-7-13(18)16-12-5-6-12/h12H,4-11,15H2,1-3H3,(H,16,18). The molecule has 18 heavy (non-hydrogen) atoms. The van der Waals surface area contributed by atoms with Crippen molar-refractivity contribution in [2.45, 2.75) is 52.5 Å². The van der Waals surface area contributed by atoms with Gasteiger partial charge in [0.2, 0.25) is 5.91 Å². The van der Waals surface area contributed by atoms with E-state index in [-0.39, 0.29) is 11.3 Å². The topological polar surface area (TPSA) is 58.4 Å². The maximum absolute atomic E-state index is 11.7. The van der Waals surface area contributed by atoms with Crippen LogP contribution >= 0.6 is 0 Å². The van der Waals surface area contributed by atoms with Crippen molar-refractivity contribution >= 4 is 5.91 Å². The molecular weight excluding hydrogens is 226 g/mol. The summed E-state index contributed by atoms with van der Waals surface area (Å²) in [5.74, 6) is 0.198. The minimum absolute atomic E-state index is 0.127. The number of hydrogen-bond donors (Lipinski definition) is 2. The molecule has 4 heteroatoms. The van der Waals surface area contributed by atoms with E-state index in [2.05, 4.69) is 31.0 Å². The first-order valence-electron chi connectivity index (χ1n) is 7.18. The monoisotopic (exact) mass is 255 g/mol. The van der Waals surface area contributed by atoms with Crippen molar-refractivity contribution in [1.29, 1.82) is 0 Å². The van der Waals surface area contributed by atoms with Gasteiger partial charge in [0.25, 0.3) is 0 Å². The molecule has 1 aliphatic carbocycles. The van der Waals surface area contributed by atoms with Gasteiger partial charge < -0.3 is 16.0 Å². The Balaban J connectivity index is 2.29. The number of hydrogen-bond acceptors (Lipinski definition) is 3. The number of nitrogens with zero attached hydrogens (tertiary/aromatic N) is 1. The molecule has 0 unspecified atom stereocenters. The van der Waals surface area contributed by atoms with Crippen molar-refractivity contribution < 1.29 is 4.79 Å². The smallest absolute Gasteiger partial charge is 0.221 e. The molecule has 0 spiro atoms. The lowest BCUT2D eigenvalue weighted by Gasteiger charge is -2.31. The molecule has 0 aromatic rings. The molecule has 1 aliphatic rings. The molecule has 0 heterocycles. The van der Waals surface area contributed by atoms with Gasteiger partial charge in [-0.1, -0.05) is 20.8 Å². The Bertz CT molecular complexity index is 262. The quantitative estimate of drug-likeness (QED) is 0.654. The fourth-order valence-electron chi connectivity index (χ4n) is 2.04. The highest BCUT2D eigenvalue weighted by Crippen LogP contribution is 2.19. The SMILES string of the molecule is CCCN(CCC(=O)NC1CC1)CC(C)(C)CN. The van der Waals surface area contributed by atoms with Crippen LogP contribution in [-0.2, 0) is 4.79 Å². The van der Waals surface area contributed by atoms with Crippen LogP contribution in [0.4, 0.5) is 0 Å². The van der Waals surface area contributed by atoms with Gasteiger partial charge in [0.1, 0.15) is 0 Å². The molecule has 1 rings (SSSR count). The first-order chi connectivity index (χ1) is 8.46. The summed E-state index contributed by atoms with van der Waals surface area (Å²) in [4.78, 5) is 14.0. The Morgan fingerprint density at radius 2 is 2.06 bits per heavy atom. The molecular formula is C14H29N3O. The average molecular weight is 255 g/mol. The summed E-state index contributed by atoms with van der Waals surface area (Å²) in [5, 5.41) is 3.04. The molecule has 0 aromatic carbocycles. The number of nitrogens with two attached hydrogens (primary N) is 1. The summed E-state index contributed by atoms with van der Waals surface area (Å²) in [7, 11) is 0. The maximum Gasteiger partial charge on any atom is 0.221 e. The van der Waals surface area contributed by atoms with Crippen molar-refractivity contribution in [2.24, 2.45) is 11.1 Å². The number of amides is 1. The van der Waals surface area contributed by atoms with E-state index in [0.717, 1.165) is 38.9 Å². The molecule has 0 aliphatic heterocycles. The molecule has 1 amide bonds. The second kappa shape index (κ2) is 7.10. The summed E-state index contributed by atoms with van der Waals surface area (Å²) in [6.45, 7) is 10.1. The number of carbonyl (C=O) groups excluding carboxylic acids is 1. The Labute approximate surface area is 111 Å². The zero-order valence-corrected chi connectivity index (χ0v) is 12.2. The number of carbonyl (C=O) groups is 1. The van der Waals surface area contributed by atoms with Gasteiger partial charge in [0.15, 0.2) is 0 Å². The highest BCUT2D eigenvalue weighted by molar-refractivity contribution is 5.76. The van der Waals surface area contributed by atoms with E-state index in [4.69, 9.17) is 5.73 Å². The average Bonchev–Trinajstić information content (AvgIpc) is 3.10. The molecule has 0 atom stereocenters. The van der Waals surface area contributed by atoms with Gasteiger partial charge in [-0.2, -0.15) is 0 Å². The highest BCUT2D eigenvalue weighted by atomic mass is 16.1. The summed E-state index contributed by atoms with van der Waals surface area (Å²) in [5.41, 5.74) is 5.90. The second-order valence-electron chi connectivity index (χ2n) is 6.24. The molecule has 0 radical (unpaired) electrons. The third-order valence-electron chi connectivity index (χ3n) is 3.34. The Kier molecular flexibility index (Phi) is 6.09. The summed E-state index contributed by atoms with van der Waals surface area (Å²) in [6, 6.07) is 0.470. The van der Waals surface area contributed by atoms with Crippen molar-refractivity contribution in [3.05, 3.63) is 0 Å². The minimum Gasteiger partial charge on any atom is -0.353 e. The van der Waals surface area contributed by atoms with Crippen LogP contribution in [0.5, 0.6) is 0 Å². The van der Waals surface area contributed by atoms with Gasteiger partial charge in [-0.15, -0.1) is 0 Å². The third kappa shape index (κ3) is 6.36. The van der Waals surface area contributed by atoms with Crippen LogP contribution in [0.25, 0.3) is 0 Å². The second-order valence-corrected chi connectivity index (χ2v) is 6.24. The lowest BCUT2D eigenvalue weighted by Crippen LogP contribution is -2.41. The Morgan fingerprint density at radius 1 is 1.39 bits per heavy atom. The largest absolute Gasteiger partial charge is 0.353 e. The van der Waals surface area contributed by atoms with Crippen LogP contribution in [-0.4, -0.2) is 43.0 Å². The van der Waals surface area contributed by atoms with Gasteiger partial charge in [0.05, 0.1) is 0 Å². The molecule has 0 aromatic heterocycles. The van der Waals surface area contributed by atoms with Crippen molar-refractivity contribution in [2.75, 3.05) is 26.2 Å². The van der Waals surface area contributed by atoms with E-state index >= 15 is 0 Å². The fraction of sp³-hybridized carbons (Fsp3) is 0.929. The highest BCUT2D eigenvalue weighted by Gasteiger charge is 2.24. The molecule has 106 valence electrons. The lowest BCUT2D eigenvalue weighted by atomic mass is 9.93. The molecule has 4 nitrogen and oxygen atoms in total. The van der Waals surface area contributed by atoms with Crippen LogP contribution in [0.2, 0.25) is 0 Å². The van der Waals surface area contributed by atoms with Crippen LogP contribution in [0.1, 0.15) is 46.5 Å². The number of nitrogens with one attached hydrogen (secondary N) is 1. The summed E-state index contributed by atoms with van der Waals surface area (Å²) >= 11 is 0. The van der Waals surface area contributed by atoms with Gasteiger partial charge in [-0.05, 0) is 37.8 Å². The van der Waals surface area contributed by atoms with Gasteiger partial charge in [-0.3, -0.25) is 4.79 Å². The summed E-state index contributed by atoms with van der Waals surface area (Å²) < 4.78 is 0. The molecule has 3 N–H and O–H groups in total. The van der Waals surface area contributed by atoms with Crippen LogP contribution in [0, 0.1) is 5.41 Å². The summed E-state index contributed by atoms with van der Waals surface area (Å²) in [6.07, 6.45) is 4.04. The number of rotatable bonds is 9. The Hall–Kier alpha value is -0.610. The van der Waals surface area contributed by atoms with Crippen LogP contribution < -0.4 is 11.1 Å². The van der Waals surface area contributed by atoms with Crippen molar-refractivity contribution in [1.82, 2.24) is 10.2 Å².